The van der Waals surface area contributed by atoms with E-state index in [9.17, 15) is 4.79 Å². The highest BCUT2D eigenvalue weighted by Crippen LogP contribution is 2.16. The number of hydrogen-bond donors (Lipinski definition) is 0. The van der Waals surface area contributed by atoms with Gasteiger partial charge in [0.05, 0.1) is 12.0 Å². The molecule has 1 atom stereocenters. The molecule has 0 bridgehead atoms. The molecule has 1 saturated heterocycles. The van der Waals surface area contributed by atoms with E-state index >= 15 is 0 Å². The Kier molecular flexibility index (Phi) is 4.19. The third kappa shape index (κ3) is 3.24. The second kappa shape index (κ2) is 6.06. The highest BCUT2D eigenvalue weighted by atomic mass is 16.6. The molecule has 0 aromatic heterocycles. The van der Waals surface area contributed by atoms with Crippen LogP contribution in [0.15, 0.2) is 30.3 Å². The van der Waals surface area contributed by atoms with Crippen molar-refractivity contribution in [1.82, 2.24) is 4.90 Å². The van der Waals surface area contributed by atoms with E-state index in [-0.39, 0.29) is 18.6 Å². The van der Waals surface area contributed by atoms with Gasteiger partial charge in [-0.3, -0.25) is 0 Å². The van der Waals surface area contributed by atoms with Gasteiger partial charge in [-0.2, -0.15) is 5.26 Å². The molecule has 4 nitrogen and oxygen atoms in total. The molecule has 1 unspecified atom stereocenters. The summed E-state index contributed by atoms with van der Waals surface area (Å²) in [6.45, 7) is 1.46. The quantitative estimate of drug-likeness (QED) is 0.803. The molecule has 1 aromatic rings. The minimum atomic E-state index is -0.321. The molecule has 0 N–H and O–H groups in total. The fraction of sp³-hybridized carbons (Fsp3) is 0.429. The van der Waals surface area contributed by atoms with Crippen LogP contribution in [0.1, 0.15) is 18.4 Å². The van der Waals surface area contributed by atoms with Gasteiger partial charge in [0.1, 0.15) is 6.61 Å². The van der Waals surface area contributed by atoms with Crippen molar-refractivity contribution in [1.29, 1.82) is 5.26 Å². The molecule has 94 valence electrons. The van der Waals surface area contributed by atoms with Crippen LogP contribution < -0.4 is 0 Å². The first-order chi connectivity index (χ1) is 8.79. The number of carbonyl (C=O) groups is 1. The molecule has 1 aliphatic rings. The molecule has 18 heavy (non-hydrogen) atoms. The fourth-order valence-corrected chi connectivity index (χ4v) is 2.06. The number of ether oxygens (including phenoxy) is 1. The number of likely N-dealkylation sites (tertiary alicyclic amines) is 1. The number of amides is 1. The molecule has 1 heterocycles. The standard InChI is InChI=1S/C14H16N2O2/c15-9-13-7-4-8-16(10-13)14(17)18-11-12-5-2-1-3-6-12/h1-3,5-6,13H,4,7-8,10-11H2. The van der Waals surface area contributed by atoms with E-state index in [0.717, 1.165) is 18.4 Å². The van der Waals surface area contributed by atoms with E-state index in [2.05, 4.69) is 6.07 Å². The normalized spacial score (nSPS) is 19.1. The molecule has 1 aliphatic heterocycles. The minimum absolute atomic E-state index is 0.0528. The third-order valence-corrected chi connectivity index (χ3v) is 3.07. The van der Waals surface area contributed by atoms with Gasteiger partial charge in [-0.05, 0) is 18.4 Å². The van der Waals surface area contributed by atoms with Crippen molar-refractivity contribution in [2.75, 3.05) is 13.1 Å². The number of nitriles is 1. The van der Waals surface area contributed by atoms with Crippen LogP contribution in [0.4, 0.5) is 4.79 Å². The predicted molar refractivity (Wildman–Crippen MR) is 66.5 cm³/mol. The summed E-state index contributed by atoms with van der Waals surface area (Å²) in [7, 11) is 0. The molecule has 1 amide bonds. The molecule has 4 heteroatoms. The molecule has 1 aromatic carbocycles. The summed E-state index contributed by atoms with van der Waals surface area (Å²) < 4.78 is 5.24. The first-order valence-corrected chi connectivity index (χ1v) is 6.15. The average Bonchev–Trinajstić information content (AvgIpc) is 2.46. The Morgan fingerprint density at radius 1 is 1.44 bits per heavy atom. The second-order valence-electron chi connectivity index (χ2n) is 4.45. The summed E-state index contributed by atoms with van der Waals surface area (Å²) in [5.74, 6) is -0.0528. The van der Waals surface area contributed by atoms with E-state index in [1.165, 1.54) is 0 Å². The zero-order chi connectivity index (χ0) is 12.8. The van der Waals surface area contributed by atoms with Crippen LogP contribution >= 0.6 is 0 Å². The van der Waals surface area contributed by atoms with Gasteiger partial charge in [-0.15, -0.1) is 0 Å². The van der Waals surface area contributed by atoms with Crippen LogP contribution in [0.3, 0.4) is 0 Å². The van der Waals surface area contributed by atoms with Crippen molar-refractivity contribution in [3.8, 4) is 6.07 Å². The van der Waals surface area contributed by atoms with E-state index in [1.807, 2.05) is 30.3 Å². The molecular formula is C14H16N2O2. The second-order valence-corrected chi connectivity index (χ2v) is 4.45. The van der Waals surface area contributed by atoms with Crippen LogP contribution in [-0.2, 0) is 11.3 Å². The Bertz CT molecular complexity index is 439. The summed E-state index contributed by atoms with van der Waals surface area (Å²) in [5, 5.41) is 8.87. The van der Waals surface area contributed by atoms with Crippen LogP contribution in [-0.4, -0.2) is 24.1 Å². The summed E-state index contributed by atoms with van der Waals surface area (Å²) >= 11 is 0. The summed E-state index contributed by atoms with van der Waals surface area (Å²) in [4.78, 5) is 13.5. The fourth-order valence-electron chi connectivity index (χ4n) is 2.06. The molecule has 0 aliphatic carbocycles. The van der Waals surface area contributed by atoms with E-state index in [1.54, 1.807) is 4.90 Å². The zero-order valence-electron chi connectivity index (χ0n) is 10.2. The topological polar surface area (TPSA) is 53.3 Å². The molecule has 0 spiro atoms. The number of rotatable bonds is 2. The Morgan fingerprint density at radius 2 is 2.22 bits per heavy atom. The summed E-state index contributed by atoms with van der Waals surface area (Å²) in [6.07, 6.45) is 1.43. The molecule has 1 fully saturated rings. The number of nitrogens with zero attached hydrogens (tertiary/aromatic N) is 2. The van der Waals surface area contributed by atoms with Gasteiger partial charge in [-0.1, -0.05) is 30.3 Å². The summed E-state index contributed by atoms with van der Waals surface area (Å²) in [6, 6.07) is 11.8. The number of carbonyl (C=O) groups excluding carboxylic acids is 1. The van der Waals surface area contributed by atoms with Crippen LogP contribution in [0, 0.1) is 17.2 Å². The zero-order valence-corrected chi connectivity index (χ0v) is 10.2. The Labute approximate surface area is 107 Å². The lowest BCUT2D eigenvalue weighted by Gasteiger charge is -2.28. The van der Waals surface area contributed by atoms with Gasteiger partial charge in [0.25, 0.3) is 0 Å². The van der Waals surface area contributed by atoms with Crippen molar-refractivity contribution in [2.45, 2.75) is 19.4 Å². The SMILES string of the molecule is N#CC1CCCN(C(=O)OCc2ccccc2)C1. The average molecular weight is 244 g/mol. The van der Waals surface area contributed by atoms with E-state index < -0.39 is 0 Å². The van der Waals surface area contributed by atoms with E-state index in [0.29, 0.717) is 13.1 Å². The number of piperidine rings is 1. The Morgan fingerprint density at radius 3 is 2.94 bits per heavy atom. The lowest BCUT2D eigenvalue weighted by Crippen LogP contribution is -2.39. The van der Waals surface area contributed by atoms with Crippen molar-refractivity contribution >= 4 is 6.09 Å². The monoisotopic (exact) mass is 244 g/mol. The third-order valence-electron chi connectivity index (χ3n) is 3.07. The largest absolute Gasteiger partial charge is 0.445 e. The maximum atomic E-state index is 11.8. The highest BCUT2D eigenvalue weighted by molar-refractivity contribution is 5.67. The number of benzene rings is 1. The Balaban J connectivity index is 1.83. The molecule has 2 rings (SSSR count). The van der Waals surface area contributed by atoms with Crippen molar-refractivity contribution in [3.63, 3.8) is 0 Å². The molecular weight excluding hydrogens is 228 g/mol. The van der Waals surface area contributed by atoms with Gasteiger partial charge in [-0.25, -0.2) is 4.79 Å². The first kappa shape index (κ1) is 12.4. The van der Waals surface area contributed by atoms with Gasteiger partial charge in [0.15, 0.2) is 0 Å². The van der Waals surface area contributed by atoms with Crippen molar-refractivity contribution < 1.29 is 9.53 Å². The smallest absolute Gasteiger partial charge is 0.410 e. The van der Waals surface area contributed by atoms with E-state index in [4.69, 9.17) is 10.00 Å². The highest BCUT2D eigenvalue weighted by Gasteiger charge is 2.24. The van der Waals surface area contributed by atoms with Crippen LogP contribution in [0.2, 0.25) is 0 Å². The Hall–Kier alpha value is -2.02. The minimum Gasteiger partial charge on any atom is -0.445 e. The first-order valence-electron chi connectivity index (χ1n) is 6.15. The van der Waals surface area contributed by atoms with Crippen molar-refractivity contribution in [3.05, 3.63) is 35.9 Å². The van der Waals surface area contributed by atoms with Gasteiger partial charge < -0.3 is 9.64 Å². The van der Waals surface area contributed by atoms with Gasteiger partial charge in [0, 0.05) is 13.1 Å². The maximum Gasteiger partial charge on any atom is 0.410 e. The van der Waals surface area contributed by atoms with Crippen LogP contribution in [0.5, 0.6) is 0 Å². The lowest BCUT2D eigenvalue weighted by atomic mass is 10.0. The molecule has 0 saturated carbocycles. The maximum absolute atomic E-state index is 11.8. The molecule has 0 radical (unpaired) electrons. The lowest BCUT2D eigenvalue weighted by molar-refractivity contribution is 0.0842. The number of hydrogen-bond acceptors (Lipinski definition) is 3. The van der Waals surface area contributed by atoms with Crippen LogP contribution in [0.25, 0.3) is 0 Å². The summed E-state index contributed by atoms with van der Waals surface area (Å²) in [5.41, 5.74) is 0.972. The van der Waals surface area contributed by atoms with Gasteiger partial charge >= 0.3 is 6.09 Å². The van der Waals surface area contributed by atoms with Gasteiger partial charge in [0.2, 0.25) is 0 Å². The predicted octanol–water partition coefficient (Wildman–Crippen LogP) is 2.56. The van der Waals surface area contributed by atoms with Crippen molar-refractivity contribution in [2.24, 2.45) is 5.92 Å².